The maximum atomic E-state index is 11.6. The van der Waals surface area contributed by atoms with Crippen molar-refractivity contribution in [1.29, 1.82) is 0 Å². The van der Waals surface area contributed by atoms with Crippen LogP contribution in [0.15, 0.2) is 0 Å². The third-order valence-corrected chi connectivity index (χ3v) is 4.26. The SMILES string of the molecule is CCCCCCCCCOC(=O)CCCCCCCNCCCO. The Balaban J connectivity index is 3.13. The van der Waals surface area contributed by atoms with E-state index in [2.05, 4.69) is 12.2 Å². The maximum absolute atomic E-state index is 11.6. The second-order valence-electron chi connectivity index (χ2n) is 6.69. The highest BCUT2D eigenvalue weighted by Gasteiger charge is 2.02. The summed E-state index contributed by atoms with van der Waals surface area (Å²) in [5, 5.41) is 12.0. The summed E-state index contributed by atoms with van der Waals surface area (Å²) < 4.78 is 5.28. The van der Waals surface area contributed by atoms with Crippen LogP contribution >= 0.6 is 0 Å². The van der Waals surface area contributed by atoms with E-state index in [0.717, 1.165) is 38.8 Å². The molecule has 0 amide bonds. The van der Waals surface area contributed by atoms with Crippen LogP contribution in [0.2, 0.25) is 0 Å². The molecule has 144 valence electrons. The predicted octanol–water partition coefficient (Wildman–Crippen LogP) is 4.59. The highest BCUT2D eigenvalue weighted by atomic mass is 16.5. The predicted molar refractivity (Wildman–Crippen MR) is 101 cm³/mol. The molecule has 0 aliphatic rings. The van der Waals surface area contributed by atoms with E-state index < -0.39 is 0 Å². The van der Waals surface area contributed by atoms with Crippen LogP contribution < -0.4 is 5.32 Å². The van der Waals surface area contributed by atoms with E-state index in [1.807, 2.05) is 0 Å². The number of unbranched alkanes of at least 4 members (excludes halogenated alkanes) is 10. The molecule has 0 aliphatic carbocycles. The van der Waals surface area contributed by atoms with E-state index in [-0.39, 0.29) is 12.6 Å². The van der Waals surface area contributed by atoms with Crippen molar-refractivity contribution in [3.05, 3.63) is 0 Å². The van der Waals surface area contributed by atoms with Gasteiger partial charge in [0, 0.05) is 13.0 Å². The number of esters is 1. The number of aliphatic hydroxyl groups excluding tert-OH is 1. The standard InChI is InChI=1S/C20H41NO3/c1-2-3-4-5-6-10-13-19-24-20(23)15-11-8-7-9-12-16-21-17-14-18-22/h21-22H,2-19H2,1H3. The second-order valence-corrected chi connectivity index (χ2v) is 6.69. The molecule has 0 aliphatic heterocycles. The van der Waals surface area contributed by atoms with Crippen LogP contribution in [-0.4, -0.2) is 37.4 Å². The summed E-state index contributed by atoms with van der Waals surface area (Å²) in [6, 6.07) is 0. The van der Waals surface area contributed by atoms with Gasteiger partial charge in [0.25, 0.3) is 0 Å². The van der Waals surface area contributed by atoms with Crippen LogP contribution in [-0.2, 0) is 9.53 Å². The summed E-state index contributed by atoms with van der Waals surface area (Å²) in [4.78, 5) is 11.6. The molecule has 0 fully saturated rings. The van der Waals surface area contributed by atoms with E-state index >= 15 is 0 Å². The van der Waals surface area contributed by atoms with Gasteiger partial charge in [0.1, 0.15) is 0 Å². The smallest absolute Gasteiger partial charge is 0.305 e. The minimum Gasteiger partial charge on any atom is -0.466 e. The third kappa shape index (κ3) is 19.4. The van der Waals surface area contributed by atoms with Crippen molar-refractivity contribution < 1.29 is 14.6 Å². The fourth-order valence-electron chi connectivity index (χ4n) is 2.70. The van der Waals surface area contributed by atoms with E-state index in [9.17, 15) is 4.79 Å². The lowest BCUT2D eigenvalue weighted by atomic mass is 10.1. The van der Waals surface area contributed by atoms with Gasteiger partial charge in [-0.25, -0.2) is 0 Å². The summed E-state index contributed by atoms with van der Waals surface area (Å²) in [5.41, 5.74) is 0. The van der Waals surface area contributed by atoms with Gasteiger partial charge in [-0.15, -0.1) is 0 Å². The zero-order valence-corrected chi connectivity index (χ0v) is 16.0. The first-order valence-electron chi connectivity index (χ1n) is 10.3. The molecule has 0 aromatic heterocycles. The number of hydrogen-bond acceptors (Lipinski definition) is 4. The molecule has 2 N–H and O–H groups in total. The van der Waals surface area contributed by atoms with Crippen LogP contribution in [0, 0.1) is 0 Å². The van der Waals surface area contributed by atoms with Crippen molar-refractivity contribution in [3.8, 4) is 0 Å². The molecule has 0 saturated carbocycles. The van der Waals surface area contributed by atoms with Gasteiger partial charge >= 0.3 is 5.97 Å². The Morgan fingerprint density at radius 2 is 1.38 bits per heavy atom. The number of carbonyl (C=O) groups excluding carboxylic acids is 1. The van der Waals surface area contributed by atoms with Crippen LogP contribution in [0.3, 0.4) is 0 Å². The summed E-state index contributed by atoms with van der Waals surface area (Å²) >= 11 is 0. The molecular formula is C20H41NO3. The lowest BCUT2D eigenvalue weighted by molar-refractivity contribution is -0.143. The van der Waals surface area contributed by atoms with Gasteiger partial charge in [0.2, 0.25) is 0 Å². The average Bonchev–Trinajstić information content (AvgIpc) is 2.59. The van der Waals surface area contributed by atoms with Crippen molar-refractivity contribution >= 4 is 5.97 Å². The number of carbonyl (C=O) groups is 1. The molecule has 24 heavy (non-hydrogen) atoms. The van der Waals surface area contributed by atoms with Gasteiger partial charge in [-0.3, -0.25) is 4.79 Å². The monoisotopic (exact) mass is 343 g/mol. The largest absolute Gasteiger partial charge is 0.466 e. The summed E-state index contributed by atoms with van der Waals surface area (Å²) in [7, 11) is 0. The molecule has 0 aromatic rings. The average molecular weight is 344 g/mol. The first-order valence-corrected chi connectivity index (χ1v) is 10.3. The van der Waals surface area contributed by atoms with Crippen molar-refractivity contribution in [2.75, 3.05) is 26.3 Å². The highest BCUT2D eigenvalue weighted by molar-refractivity contribution is 5.69. The first-order chi connectivity index (χ1) is 11.8. The van der Waals surface area contributed by atoms with E-state index in [1.54, 1.807) is 0 Å². The molecule has 0 rings (SSSR count). The van der Waals surface area contributed by atoms with Gasteiger partial charge in [-0.1, -0.05) is 64.7 Å². The molecule has 0 heterocycles. The van der Waals surface area contributed by atoms with Gasteiger partial charge < -0.3 is 15.2 Å². The Hall–Kier alpha value is -0.610. The fourth-order valence-corrected chi connectivity index (χ4v) is 2.70. The van der Waals surface area contributed by atoms with Crippen molar-refractivity contribution in [1.82, 2.24) is 5.32 Å². The summed E-state index contributed by atoms with van der Waals surface area (Å²) in [6.07, 6.45) is 15.8. The van der Waals surface area contributed by atoms with Crippen molar-refractivity contribution in [3.63, 3.8) is 0 Å². The van der Waals surface area contributed by atoms with Crippen molar-refractivity contribution in [2.24, 2.45) is 0 Å². The number of ether oxygens (including phenoxy) is 1. The number of nitrogens with one attached hydrogen (secondary N) is 1. The number of aliphatic hydroxyl groups is 1. The zero-order valence-electron chi connectivity index (χ0n) is 16.0. The Labute approximate surface area is 149 Å². The normalized spacial score (nSPS) is 10.9. The highest BCUT2D eigenvalue weighted by Crippen LogP contribution is 2.08. The van der Waals surface area contributed by atoms with Crippen molar-refractivity contribution in [2.45, 2.75) is 96.8 Å². The van der Waals surface area contributed by atoms with Crippen LogP contribution in [0.1, 0.15) is 96.8 Å². The van der Waals surface area contributed by atoms with Crippen LogP contribution in [0.25, 0.3) is 0 Å². The molecule has 0 spiro atoms. The van der Waals surface area contributed by atoms with Crippen LogP contribution in [0.4, 0.5) is 0 Å². The lowest BCUT2D eigenvalue weighted by Gasteiger charge is -2.06. The minimum atomic E-state index is -0.0216. The number of rotatable bonds is 19. The zero-order chi connectivity index (χ0) is 17.7. The van der Waals surface area contributed by atoms with Gasteiger partial charge in [-0.2, -0.15) is 0 Å². The molecule has 0 saturated heterocycles. The van der Waals surface area contributed by atoms with E-state index in [1.165, 1.54) is 57.8 Å². The minimum absolute atomic E-state index is 0.0216. The van der Waals surface area contributed by atoms with Gasteiger partial charge in [0.05, 0.1) is 6.61 Å². The first kappa shape index (κ1) is 23.4. The molecule has 0 bridgehead atoms. The second kappa shape index (κ2) is 20.4. The summed E-state index contributed by atoms with van der Waals surface area (Å²) in [5.74, 6) is -0.0216. The topological polar surface area (TPSA) is 58.6 Å². The Bertz CT molecular complexity index is 259. The van der Waals surface area contributed by atoms with Gasteiger partial charge in [0.15, 0.2) is 0 Å². The maximum Gasteiger partial charge on any atom is 0.305 e. The molecule has 4 nitrogen and oxygen atoms in total. The molecular weight excluding hydrogens is 302 g/mol. The number of hydrogen-bond donors (Lipinski definition) is 2. The Morgan fingerprint density at radius 3 is 2.08 bits per heavy atom. The Morgan fingerprint density at radius 1 is 0.792 bits per heavy atom. The molecule has 0 unspecified atom stereocenters. The fraction of sp³-hybridized carbons (Fsp3) is 0.950. The van der Waals surface area contributed by atoms with Crippen LogP contribution in [0.5, 0.6) is 0 Å². The lowest BCUT2D eigenvalue weighted by Crippen LogP contribution is -2.17. The molecule has 0 atom stereocenters. The van der Waals surface area contributed by atoms with E-state index in [0.29, 0.717) is 13.0 Å². The van der Waals surface area contributed by atoms with E-state index in [4.69, 9.17) is 9.84 Å². The Kier molecular flexibility index (Phi) is 19.9. The van der Waals surface area contributed by atoms with Gasteiger partial charge in [-0.05, 0) is 38.8 Å². The summed E-state index contributed by atoms with van der Waals surface area (Å²) in [6.45, 7) is 5.04. The molecule has 0 aromatic carbocycles. The third-order valence-electron chi connectivity index (χ3n) is 4.26. The molecule has 0 radical (unpaired) electrons. The molecule has 4 heteroatoms. The quantitative estimate of drug-likeness (QED) is 0.266.